The summed E-state index contributed by atoms with van der Waals surface area (Å²) in [6.45, 7) is 12.3. The molecule has 1 saturated heterocycles. The molecule has 0 amide bonds. The molecule has 0 spiro atoms. The van der Waals surface area contributed by atoms with Gasteiger partial charge in [-0.2, -0.15) is 0 Å². The van der Waals surface area contributed by atoms with E-state index in [1.54, 1.807) is 0 Å². The molecule has 0 aromatic rings. The van der Waals surface area contributed by atoms with Crippen LogP contribution in [0.4, 0.5) is 0 Å². The summed E-state index contributed by atoms with van der Waals surface area (Å²) in [7, 11) is 2.23. The van der Waals surface area contributed by atoms with Crippen LogP contribution in [-0.2, 0) is 0 Å². The van der Waals surface area contributed by atoms with Gasteiger partial charge < -0.3 is 5.73 Å². The van der Waals surface area contributed by atoms with Crippen molar-refractivity contribution in [2.24, 2.45) is 11.7 Å². The highest BCUT2D eigenvalue weighted by atomic mass is 15.3. The van der Waals surface area contributed by atoms with Gasteiger partial charge in [0, 0.05) is 31.2 Å². The van der Waals surface area contributed by atoms with E-state index in [4.69, 9.17) is 5.73 Å². The molecule has 0 bridgehead atoms. The van der Waals surface area contributed by atoms with Crippen molar-refractivity contribution < 1.29 is 0 Å². The SMILES string of the molecule is CC(CN)C(C)N1CC(C)N(C)C(C)C1. The van der Waals surface area contributed by atoms with E-state index in [0.717, 1.165) is 6.54 Å². The smallest absolute Gasteiger partial charge is 0.0195 e. The summed E-state index contributed by atoms with van der Waals surface area (Å²) in [6.07, 6.45) is 0. The quantitative estimate of drug-likeness (QED) is 0.759. The average molecular weight is 213 g/mol. The topological polar surface area (TPSA) is 32.5 Å². The Balaban J connectivity index is 2.57. The Kier molecular flexibility index (Phi) is 4.56. The second kappa shape index (κ2) is 5.28. The lowest BCUT2D eigenvalue weighted by atomic mass is 9.99. The van der Waals surface area contributed by atoms with Gasteiger partial charge in [-0.3, -0.25) is 9.80 Å². The molecule has 0 radical (unpaired) electrons. The second-order valence-electron chi connectivity index (χ2n) is 5.27. The van der Waals surface area contributed by atoms with Crippen LogP contribution in [0.25, 0.3) is 0 Å². The van der Waals surface area contributed by atoms with Gasteiger partial charge in [-0.05, 0) is 40.3 Å². The average Bonchev–Trinajstić information content (AvgIpc) is 2.23. The summed E-state index contributed by atoms with van der Waals surface area (Å²) in [4.78, 5) is 5.06. The predicted octanol–water partition coefficient (Wildman–Crippen LogP) is 0.994. The molecule has 15 heavy (non-hydrogen) atoms. The van der Waals surface area contributed by atoms with Crippen molar-refractivity contribution in [3.63, 3.8) is 0 Å². The second-order valence-corrected chi connectivity index (χ2v) is 5.27. The highest BCUT2D eigenvalue weighted by Crippen LogP contribution is 2.18. The van der Waals surface area contributed by atoms with Crippen LogP contribution >= 0.6 is 0 Å². The molecule has 1 fully saturated rings. The van der Waals surface area contributed by atoms with Crippen molar-refractivity contribution in [1.29, 1.82) is 0 Å². The molecule has 4 unspecified atom stereocenters. The minimum absolute atomic E-state index is 0.591. The van der Waals surface area contributed by atoms with Crippen LogP contribution in [0, 0.1) is 5.92 Å². The first kappa shape index (κ1) is 12.9. The standard InChI is InChI=1S/C12H27N3/c1-9(6-13)12(4)15-7-10(2)14(5)11(3)8-15/h9-12H,6-8,13H2,1-5H3. The maximum atomic E-state index is 5.74. The Morgan fingerprint density at radius 1 is 1.20 bits per heavy atom. The first-order valence-corrected chi connectivity index (χ1v) is 6.13. The molecule has 3 nitrogen and oxygen atoms in total. The molecule has 4 atom stereocenters. The molecule has 0 aliphatic carbocycles. The molecule has 0 aromatic carbocycles. The Bertz CT molecular complexity index is 183. The van der Waals surface area contributed by atoms with Gasteiger partial charge in [0.15, 0.2) is 0 Å². The van der Waals surface area contributed by atoms with E-state index < -0.39 is 0 Å². The number of rotatable bonds is 3. The third-order valence-electron chi connectivity index (χ3n) is 4.16. The Labute approximate surface area is 94.6 Å². The van der Waals surface area contributed by atoms with E-state index in [-0.39, 0.29) is 0 Å². The van der Waals surface area contributed by atoms with E-state index in [1.165, 1.54) is 13.1 Å². The zero-order chi connectivity index (χ0) is 11.6. The lowest BCUT2D eigenvalue weighted by molar-refractivity contribution is 0.0251. The molecular formula is C12H27N3. The van der Waals surface area contributed by atoms with Crippen molar-refractivity contribution in [1.82, 2.24) is 9.80 Å². The summed E-state index contributed by atoms with van der Waals surface area (Å²) in [5.74, 6) is 0.591. The van der Waals surface area contributed by atoms with Crippen molar-refractivity contribution >= 4 is 0 Å². The molecule has 1 aliphatic rings. The zero-order valence-corrected chi connectivity index (χ0v) is 10.9. The number of hydrogen-bond donors (Lipinski definition) is 1. The van der Waals surface area contributed by atoms with E-state index >= 15 is 0 Å². The van der Waals surface area contributed by atoms with Crippen LogP contribution in [0.3, 0.4) is 0 Å². The van der Waals surface area contributed by atoms with Crippen molar-refractivity contribution in [2.75, 3.05) is 26.7 Å². The monoisotopic (exact) mass is 213 g/mol. The predicted molar refractivity (Wildman–Crippen MR) is 65.9 cm³/mol. The normalized spacial score (nSPS) is 34.0. The minimum Gasteiger partial charge on any atom is -0.330 e. The summed E-state index contributed by atoms with van der Waals surface area (Å²) < 4.78 is 0. The van der Waals surface area contributed by atoms with Gasteiger partial charge in [0.1, 0.15) is 0 Å². The number of hydrogen-bond acceptors (Lipinski definition) is 3. The highest BCUT2D eigenvalue weighted by molar-refractivity contribution is 4.86. The molecule has 2 N–H and O–H groups in total. The molecule has 3 heteroatoms. The Morgan fingerprint density at radius 2 is 1.67 bits per heavy atom. The van der Waals surface area contributed by atoms with E-state index in [0.29, 0.717) is 24.0 Å². The first-order chi connectivity index (χ1) is 6.97. The van der Waals surface area contributed by atoms with Gasteiger partial charge in [-0.15, -0.1) is 0 Å². The molecular weight excluding hydrogens is 186 g/mol. The molecule has 0 aromatic heterocycles. The van der Waals surface area contributed by atoms with Gasteiger partial charge in [0.05, 0.1) is 0 Å². The van der Waals surface area contributed by atoms with Crippen LogP contribution in [0.5, 0.6) is 0 Å². The lowest BCUT2D eigenvalue weighted by Crippen LogP contribution is -2.58. The minimum atomic E-state index is 0.591. The Hall–Kier alpha value is -0.120. The highest BCUT2D eigenvalue weighted by Gasteiger charge is 2.30. The first-order valence-electron chi connectivity index (χ1n) is 6.13. The number of piperazine rings is 1. The van der Waals surface area contributed by atoms with Crippen LogP contribution < -0.4 is 5.73 Å². The van der Waals surface area contributed by atoms with Gasteiger partial charge >= 0.3 is 0 Å². The summed E-state index contributed by atoms with van der Waals surface area (Å²) in [6, 6.07) is 1.91. The van der Waals surface area contributed by atoms with E-state index in [1.807, 2.05) is 0 Å². The zero-order valence-electron chi connectivity index (χ0n) is 10.9. The molecule has 1 aliphatic heterocycles. The Morgan fingerprint density at radius 3 is 2.07 bits per heavy atom. The fourth-order valence-electron chi connectivity index (χ4n) is 2.33. The van der Waals surface area contributed by atoms with Crippen LogP contribution in [-0.4, -0.2) is 54.6 Å². The summed E-state index contributed by atoms with van der Waals surface area (Å²) >= 11 is 0. The fourth-order valence-corrected chi connectivity index (χ4v) is 2.33. The molecule has 0 saturated carbocycles. The maximum Gasteiger partial charge on any atom is 0.0195 e. The lowest BCUT2D eigenvalue weighted by Gasteiger charge is -2.46. The molecule has 1 heterocycles. The van der Waals surface area contributed by atoms with Gasteiger partial charge in [-0.25, -0.2) is 0 Å². The number of nitrogens with two attached hydrogens (primary N) is 1. The van der Waals surface area contributed by atoms with Crippen molar-refractivity contribution in [3.05, 3.63) is 0 Å². The van der Waals surface area contributed by atoms with E-state index in [9.17, 15) is 0 Å². The van der Waals surface area contributed by atoms with Crippen molar-refractivity contribution in [3.8, 4) is 0 Å². The maximum absolute atomic E-state index is 5.74. The van der Waals surface area contributed by atoms with Gasteiger partial charge in [0.25, 0.3) is 0 Å². The number of likely N-dealkylation sites (N-methyl/N-ethyl adjacent to an activating group) is 1. The third kappa shape index (κ3) is 2.92. The van der Waals surface area contributed by atoms with Crippen LogP contribution in [0.15, 0.2) is 0 Å². The molecule has 90 valence electrons. The summed E-state index contributed by atoms with van der Waals surface area (Å²) in [5.41, 5.74) is 5.74. The van der Waals surface area contributed by atoms with Gasteiger partial charge in [-0.1, -0.05) is 6.92 Å². The summed E-state index contributed by atoms with van der Waals surface area (Å²) in [5, 5.41) is 0. The van der Waals surface area contributed by atoms with E-state index in [2.05, 4.69) is 44.5 Å². The van der Waals surface area contributed by atoms with Crippen LogP contribution in [0.1, 0.15) is 27.7 Å². The number of nitrogens with zero attached hydrogens (tertiary/aromatic N) is 2. The molecule has 1 rings (SSSR count). The fraction of sp³-hybridized carbons (Fsp3) is 1.00. The van der Waals surface area contributed by atoms with Gasteiger partial charge in [0.2, 0.25) is 0 Å². The van der Waals surface area contributed by atoms with Crippen LogP contribution in [0.2, 0.25) is 0 Å². The largest absolute Gasteiger partial charge is 0.330 e. The third-order valence-corrected chi connectivity index (χ3v) is 4.16. The van der Waals surface area contributed by atoms with Crippen molar-refractivity contribution in [2.45, 2.75) is 45.8 Å².